The van der Waals surface area contributed by atoms with Crippen molar-refractivity contribution < 1.29 is 4.79 Å². The Morgan fingerprint density at radius 2 is 1.96 bits per heavy atom. The Morgan fingerprint density at radius 3 is 2.78 bits per heavy atom. The fraction of sp³-hybridized carbons (Fsp3) is 0.150. The highest BCUT2D eigenvalue weighted by molar-refractivity contribution is 7.98. The van der Waals surface area contributed by atoms with Crippen LogP contribution in [-0.2, 0) is 17.0 Å². The van der Waals surface area contributed by atoms with Crippen LogP contribution >= 0.6 is 23.1 Å². The van der Waals surface area contributed by atoms with Gasteiger partial charge in [0, 0.05) is 16.8 Å². The van der Waals surface area contributed by atoms with Gasteiger partial charge in [-0.05, 0) is 31.2 Å². The van der Waals surface area contributed by atoms with E-state index < -0.39 is 0 Å². The molecular weight excluding hydrogens is 376 g/mol. The molecule has 7 heteroatoms. The lowest BCUT2D eigenvalue weighted by molar-refractivity contribution is -0.115. The van der Waals surface area contributed by atoms with E-state index in [9.17, 15) is 4.79 Å². The molecule has 0 unspecified atom stereocenters. The van der Waals surface area contributed by atoms with Gasteiger partial charge in [-0.3, -0.25) is 4.79 Å². The van der Waals surface area contributed by atoms with E-state index in [1.165, 1.54) is 16.9 Å². The number of thiazole rings is 1. The number of aromatic nitrogens is 3. The number of carbonyl (C=O) groups is 1. The highest BCUT2D eigenvalue weighted by atomic mass is 32.2. The number of aryl methyl sites for hydroxylation is 1. The molecule has 0 aliphatic heterocycles. The minimum atomic E-state index is -0.0512. The Bertz CT molecular complexity index is 1040. The summed E-state index contributed by atoms with van der Waals surface area (Å²) in [5.74, 6) is 0.667. The predicted octanol–water partition coefficient (Wildman–Crippen LogP) is 4.80. The van der Waals surface area contributed by atoms with Crippen molar-refractivity contribution in [1.82, 2.24) is 15.0 Å². The van der Waals surface area contributed by atoms with Gasteiger partial charge in [0.1, 0.15) is 5.01 Å². The van der Waals surface area contributed by atoms with Gasteiger partial charge in [0.15, 0.2) is 5.16 Å². The van der Waals surface area contributed by atoms with E-state index in [0.717, 1.165) is 38.3 Å². The van der Waals surface area contributed by atoms with Gasteiger partial charge in [0.05, 0.1) is 23.1 Å². The van der Waals surface area contributed by atoms with Crippen LogP contribution in [0.3, 0.4) is 0 Å². The normalized spacial score (nSPS) is 11.0. The summed E-state index contributed by atoms with van der Waals surface area (Å²) in [4.78, 5) is 24.6. The molecule has 4 aromatic rings. The maximum Gasteiger partial charge on any atom is 0.231 e. The standard InChI is InChI=1S/C20H18N4OS2/c1-13-6-8-14(9-7-13)21-18(25)10-19-22-15(11-26-19)12-27-20-23-16-4-2-3-5-17(16)24-20/h2-9,11H,10,12H2,1H3,(H,21,25)(H,23,24). The molecule has 2 N–H and O–H groups in total. The molecule has 0 atom stereocenters. The summed E-state index contributed by atoms with van der Waals surface area (Å²) < 4.78 is 0. The zero-order valence-electron chi connectivity index (χ0n) is 14.7. The minimum absolute atomic E-state index is 0.0512. The van der Waals surface area contributed by atoms with Crippen molar-refractivity contribution in [3.8, 4) is 0 Å². The third-order valence-electron chi connectivity index (χ3n) is 3.97. The van der Waals surface area contributed by atoms with E-state index in [1.54, 1.807) is 11.8 Å². The molecule has 5 nitrogen and oxygen atoms in total. The maximum absolute atomic E-state index is 12.2. The van der Waals surface area contributed by atoms with Gasteiger partial charge in [-0.15, -0.1) is 11.3 Å². The molecule has 0 saturated heterocycles. The van der Waals surface area contributed by atoms with Crippen LogP contribution in [0.5, 0.6) is 0 Å². The number of para-hydroxylation sites is 2. The van der Waals surface area contributed by atoms with Crippen LogP contribution in [-0.4, -0.2) is 20.9 Å². The molecule has 136 valence electrons. The number of amides is 1. The van der Waals surface area contributed by atoms with Gasteiger partial charge in [-0.2, -0.15) is 0 Å². The number of nitrogens with zero attached hydrogens (tertiary/aromatic N) is 2. The number of hydrogen-bond donors (Lipinski definition) is 2. The lowest BCUT2D eigenvalue weighted by Gasteiger charge is -2.04. The van der Waals surface area contributed by atoms with E-state index in [0.29, 0.717) is 0 Å². The van der Waals surface area contributed by atoms with E-state index in [4.69, 9.17) is 0 Å². The molecule has 4 rings (SSSR count). The quantitative estimate of drug-likeness (QED) is 0.461. The largest absolute Gasteiger partial charge is 0.333 e. The highest BCUT2D eigenvalue weighted by Gasteiger charge is 2.10. The van der Waals surface area contributed by atoms with E-state index >= 15 is 0 Å². The first-order valence-corrected chi connectivity index (χ1v) is 10.4. The summed E-state index contributed by atoms with van der Waals surface area (Å²) in [7, 11) is 0. The number of carbonyl (C=O) groups excluding carboxylic acids is 1. The second kappa shape index (κ2) is 7.94. The molecule has 2 aromatic heterocycles. The minimum Gasteiger partial charge on any atom is -0.333 e. The van der Waals surface area contributed by atoms with Gasteiger partial charge in [-0.25, -0.2) is 9.97 Å². The number of fused-ring (bicyclic) bond motifs is 1. The van der Waals surface area contributed by atoms with Crippen molar-refractivity contribution in [3.05, 3.63) is 70.2 Å². The number of H-pyrrole nitrogens is 1. The second-order valence-electron chi connectivity index (χ2n) is 6.17. The monoisotopic (exact) mass is 394 g/mol. The van der Waals surface area contributed by atoms with Gasteiger partial charge in [-0.1, -0.05) is 41.6 Å². The zero-order chi connectivity index (χ0) is 18.6. The van der Waals surface area contributed by atoms with E-state index in [-0.39, 0.29) is 12.3 Å². The van der Waals surface area contributed by atoms with Crippen molar-refractivity contribution in [2.24, 2.45) is 0 Å². The summed E-state index contributed by atoms with van der Waals surface area (Å²) in [5, 5.41) is 6.61. The van der Waals surface area contributed by atoms with Crippen LogP contribution in [0.1, 0.15) is 16.3 Å². The number of benzene rings is 2. The first-order chi connectivity index (χ1) is 13.2. The fourth-order valence-electron chi connectivity index (χ4n) is 2.62. The van der Waals surface area contributed by atoms with Crippen LogP contribution in [0.15, 0.2) is 59.1 Å². The smallest absolute Gasteiger partial charge is 0.231 e. The van der Waals surface area contributed by atoms with Crippen molar-refractivity contribution in [3.63, 3.8) is 0 Å². The molecule has 27 heavy (non-hydrogen) atoms. The molecule has 2 aromatic carbocycles. The molecule has 0 fully saturated rings. The Kier molecular flexibility index (Phi) is 5.22. The summed E-state index contributed by atoms with van der Waals surface area (Å²) in [5.41, 5.74) is 4.93. The lowest BCUT2D eigenvalue weighted by atomic mass is 10.2. The van der Waals surface area contributed by atoms with Gasteiger partial charge >= 0.3 is 0 Å². The van der Waals surface area contributed by atoms with Crippen molar-refractivity contribution in [2.45, 2.75) is 24.3 Å². The molecule has 0 aliphatic rings. The predicted molar refractivity (Wildman–Crippen MR) is 111 cm³/mol. The number of rotatable bonds is 6. The molecule has 0 bridgehead atoms. The lowest BCUT2D eigenvalue weighted by Crippen LogP contribution is -2.14. The van der Waals surface area contributed by atoms with Crippen LogP contribution in [0, 0.1) is 6.92 Å². The van der Waals surface area contributed by atoms with Crippen LogP contribution in [0.2, 0.25) is 0 Å². The SMILES string of the molecule is Cc1ccc(NC(=O)Cc2nc(CSc3nc4ccccc4[nH]3)cs2)cc1. The number of thioether (sulfide) groups is 1. The van der Waals surface area contributed by atoms with Gasteiger partial charge < -0.3 is 10.3 Å². The third-order valence-corrected chi connectivity index (χ3v) is 5.78. The average Bonchev–Trinajstić information content (AvgIpc) is 3.28. The first-order valence-electron chi connectivity index (χ1n) is 8.53. The van der Waals surface area contributed by atoms with Gasteiger partial charge in [0.25, 0.3) is 0 Å². The molecule has 1 amide bonds. The van der Waals surface area contributed by atoms with Crippen molar-refractivity contribution in [1.29, 1.82) is 0 Å². The molecule has 0 saturated carbocycles. The Morgan fingerprint density at radius 1 is 1.15 bits per heavy atom. The fourth-order valence-corrected chi connectivity index (χ4v) is 4.29. The Hall–Kier alpha value is -2.64. The van der Waals surface area contributed by atoms with Crippen molar-refractivity contribution >= 4 is 45.7 Å². The molecular formula is C20H18N4OS2. The van der Waals surface area contributed by atoms with E-state index in [2.05, 4.69) is 20.3 Å². The number of nitrogens with one attached hydrogen (secondary N) is 2. The summed E-state index contributed by atoms with van der Waals surface area (Å²) in [6.45, 7) is 2.02. The number of hydrogen-bond acceptors (Lipinski definition) is 5. The van der Waals surface area contributed by atoms with E-state index in [1.807, 2.05) is 60.8 Å². The zero-order valence-corrected chi connectivity index (χ0v) is 16.4. The van der Waals surface area contributed by atoms with Gasteiger partial charge in [0.2, 0.25) is 5.91 Å². The maximum atomic E-state index is 12.2. The first kappa shape index (κ1) is 17.8. The second-order valence-corrected chi connectivity index (χ2v) is 8.08. The third kappa shape index (κ3) is 4.56. The summed E-state index contributed by atoms with van der Waals surface area (Å²) in [6.07, 6.45) is 0.286. The number of imidazole rings is 1. The Balaban J connectivity index is 1.32. The molecule has 0 radical (unpaired) electrons. The topological polar surface area (TPSA) is 70.7 Å². The van der Waals surface area contributed by atoms with Crippen molar-refractivity contribution in [2.75, 3.05) is 5.32 Å². The molecule has 0 spiro atoms. The number of anilines is 1. The Labute approximate surface area is 165 Å². The molecule has 0 aliphatic carbocycles. The summed E-state index contributed by atoms with van der Waals surface area (Å²) >= 11 is 3.13. The summed E-state index contributed by atoms with van der Waals surface area (Å²) in [6, 6.07) is 15.7. The molecule has 2 heterocycles. The van der Waals surface area contributed by atoms with Crippen LogP contribution in [0.25, 0.3) is 11.0 Å². The number of aromatic amines is 1. The van der Waals surface area contributed by atoms with Crippen LogP contribution < -0.4 is 5.32 Å². The highest BCUT2D eigenvalue weighted by Crippen LogP contribution is 2.24. The average molecular weight is 395 g/mol. The van der Waals surface area contributed by atoms with Crippen LogP contribution in [0.4, 0.5) is 5.69 Å².